The Kier molecular flexibility index (Phi) is 13.1. The largest absolute Gasteiger partial charge is 0.287 e. The molecule has 16 heavy (non-hydrogen) atoms. The van der Waals surface area contributed by atoms with E-state index in [1.54, 1.807) is 11.8 Å². The predicted molar refractivity (Wildman–Crippen MR) is 75.0 cm³/mol. The highest BCUT2D eigenvalue weighted by molar-refractivity contribution is 8.13. The van der Waals surface area contributed by atoms with Gasteiger partial charge in [0.25, 0.3) is 0 Å². The maximum absolute atomic E-state index is 11.4. The van der Waals surface area contributed by atoms with E-state index in [4.69, 9.17) is 0 Å². The molecule has 0 aromatic heterocycles. The summed E-state index contributed by atoms with van der Waals surface area (Å²) in [6.07, 6.45) is 12.2. The van der Waals surface area contributed by atoms with Crippen LogP contribution in [0.15, 0.2) is 0 Å². The summed E-state index contributed by atoms with van der Waals surface area (Å²) in [6, 6.07) is 0. The molecule has 0 unspecified atom stereocenters. The third kappa shape index (κ3) is 12.1. The lowest BCUT2D eigenvalue weighted by Crippen LogP contribution is -1.93. The van der Waals surface area contributed by atoms with E-state index in [0.29, 0.717) is 5.12 Å². The van der Waals surface area contributed by atoms with Crippen molar-refractivity contribution in [1.82, 2.24) is 0 Å². The molecule has 0 bridgehead atoms. The van der Waals surface area contributed by atoms with E-state index >= 15 is 0 Å². The number of hydrogen-bond donors (Lipinski definition) is 0. The van der Waals surface area contributed by atoms with E-state index in [9.17, 15) is 4.79 Å². The van der Waals surface area contributed by atoms with Crippen molar-refractivity contribution in [1.29, 1.82) is 0 Å². The fourth-order valence-electron chi connectivity index (χ4n) is 1.66. The Morgan fingerprint density at radius 2 is 1.38 bits per heavy atom. The molecule has 0 saturated heterocycles. The summed E-state index contributed by atoms with van der Waals surface area (Å²) in [4.78, 5) is 11.4. The third-order valence-electron chi connectivity index (χ3n) is 2.75. The van der Waals surface area contributed by atoms with E-state index < -0.39 is 0 Å². The van der Waals surface area contributed by atoms with Crippen LogP contribution in [-0.2, 0) is 4.79 Å². The average Bonchev–Trinajstić information content (AvgIpc) is 2.28. The molecule has 0 rings (SSSR count). The quantitative estimate of drug-likeness (QED) is 0.465. The van der Waals surface area contributed by atoms with Gasteiger partial charge in [-0.05, 0) is 12.8 Å². The number of hydrogen-bond acceptors (Lipinski definition) is 2. The zero-order valence-electron chi connectivity index (χ0n) is 11.1. The van der Waals surface area contributed by atoms with Gasteiger partial charge in [-0.25, -0.2) is 0 Å². The highest BCUT2D eigenvalue weighted by Gasteiger charge is 2.01. The Balaban J connectivity index is 3.09. The second-order valence-corrected chi connectivity index (χ2v) is 5.60. The molecule has 0 fully saturated rings. The van der Waals surface area contributed by atoms with Crippen LogP contribution in [0.1, 0.15) is 78.1 Å². The molecular weight excluding hydrogens is 216 g/mol. The lowest BCUT2D eigenvalue weighted by atomic mass is 10.1. The number of carbonyl (C=O) groups is 1. The lowest BCUT2D eigenvalue weighted by Gasteiger charge is -2.01. The summed E-state index contributed by atoms with van der Waals surface area (Å²) in [6.45, 7) is 4.42. The average molecular weight is 244 g/mol. The molecule has 0 aromatic carbocycles. The molecule has 2 heteroatoms. The topological polar surface area (TPSA) is 17.1 Å². The zero-order valence-corrected chi connectivity index (χ0v) is 11.9. The zero-order chi connectivity index (χ0) is 12.1. The molecule has 0 aromatic rings. The van der Waals surface area contributed by atoms with Crippen LogP contribution in [0.3, 0.4) is 0 Å². The van der Waals surface area contributed by atoms with Gasteiger partial charge < -0.3 is 0 Å². The first-order valence-corrected chi connectivity index (χ1v) is 7.95. The molecule has 0 aliphatic rings. The smallest absolute Gasteiger partial charge is 0.188 e. The van der Waals surface area contributed by atoms with Gasteiger partial charge >= 0.3 is 0 Å². The summed E-state index contributed by atoms with van der Waals surface area (Å²) in [5.74, 6) is 1.04. The molecule has 0 aliphatic heterocycles. The first-order valence-electron chi connectivity index (χ1n) is 6.96. The standard InChI is InChI=1S/C14H28OS/c1-3-5-7-8-9-11-13-16-14(15)12-10-6-4-2/h3-13H2,1-2H3. The van der Waals surface area contributed by atoms with Crippen LogP contribution >= 0.6 is 11.8 Å². The summed E-state index contributed by atoms with van der Waals surface area (Å²) >= 11 is 1.55. The van der Waals surface area contributed by atoms with Crippen LogP contribution in [-0.4, -0.2) is 10.9 Å². The highest BCUT2D eigenvalue weighted by atomic mass is 32.2. The van der Waals surface area contributed by atoms with Crippen molar-refractivity contribution in [2.45, 2.75) is 78.1 Å². The summed E-state index contributed by atoms with van der Waals surface area (Å²) in [5, 5.41) is 0.405. The second kappa shape index (κ2) is 13.1. The lowest BCUT2D eigenvalue weighted by molar-refractivity contribution is -0.111. The predicted octanol–water partition coefficient (Wildman–Crippen LogP) is 5.19. The monoisotopic (exact) mass is 244 g/mol. The minimum absolute atomic E-state index is 0.405. The van der Waals surface area contributed by atoms with Crippen LogP contribution < -0.4 is 0 Å². The number of unbranched alkanes of at least 4 members (excludes halogenated alkanes) is 7. The molecule has 0 spiro atoms. The van der Waals surface area contributed by atoms with Crippen LogP contribution in [0.25, 0.3) is 0 Å². The van der Waals surface area contributed by atoms with Gasteiger partial charge in [-0.15, -0.1) is 0 Å². The normalized spacial score (nSPS) is 10.6. The van der Waals surface area contributed by atoms with Crippen molar-refractivity contribution in [2.24, 2.45) is 0 Å². The van der Waals surface area contributed by atoms with E-state index in [2.05, 4.69) is 13.8 Å². The molecule has 0 heterocycles. The van der Waals surface area contributed by atoms with Gasteiger partial charge in [0.1, 0.15) is 0 Å². The van der Waals surface area contributed by atoms with E-state index in [1.807, 2.05) is 0 Å². The van der Waals surface area contributed by atoms with Gasteiger partial charge in [0, 0.05) is 12.2 Å². The Labute approximate surface area is 106 Å². The Bertz CT molecular complexity index is 157. The highest BCUT2D eigenvalue weighted by Crippen LogP contribution is 2.13. The van der Waals surface area contributed by atoms with Crippen molar-refractivity contribution in [3.8, 4) is 0 Å². The maximum Gasteiger partial charge on any atom is 0.188 e. The Hall–Kier alpha value is 0.0200. The second-order valence-electron chi connectivity index (χ2n) is 4.45. The minimum atomic E-state index is 0.405. The first-order chi connectivity index (χ1) is 7.81. The van der Waals surface area contributed by atoms with Crippen molar-refractivity contribution in [3.63, 3.8) is 0 Å². The summed E-state index contributed by atoms with van der Waals surface area (Å²) in [7, 11) is 0. The molecule has 0 aliphatic carbocycles. The molecular formula is C14H28OS. The fraction of sp³-hybridized carbons (Fsp3) is 0.929. The molecule has 0 N–H and O–H groups in total. The Morgan fingerprint density at radius 1 is 0.812 bits per heavy atom. The molecule has 0 radical (unpaired) electrons. The molecule has 0 atom stereocenters. The Morgan fingerprint density at radius 3 is 2.06 bits per heavy atom. The van der Waals surface area contributed by atoms with Crippen molar-refractivity contribution < 1.29 is 4.79 Å². The molecule has 0 amide bonds. The van der Waals surface area contributed by atoms with Crippen molar-refractivity contribution in [3.05, 3.63) is 0 Å². The van der Waals surface area contributed by atoms with Gasteiger partial charge in [-0.1, -0.05) is 70.6 Å². The van der Waals surface area contributed by atoms with Gasteiger partial charge in [0.05, 0.1) is 0 Å². The van der Waals surface area contributed by atoms with Crippen LogP contribution in [0, 0.1) is 0 Å². The number of rotatable bonds is 11. The molecule has 96 valence electrons. The van der Waals surface area contributed by atoms with Gasteiger partial charge in [-0.2, -0.15) is 0 Å². The summed E-state index contributed by atoms with van der Waals surface area (Å²) in [5.41, 5.74) is 0. The van der Waals surface area contributed by atoms with E-state index in [-0.39, 0.29) is 0 Å². The third-order valence-corrected chi connectivity index (χ3v) is 3.76. The van der Waals surface area contributed by atoms with Crippen molar-refractivity contribution in [2.75, 3.05) is 5.75 Å². The number of thioether (sulfide) groups is 1. The van der Waals surface area contributed by atoms with Crippen molar-refractivity contribution >= 4 is 16.9 Å². The van der Waals surface area contributed by atoms with Crippen LogP contribution in [0.5, 0.6) is 0 Å². The minimum Gasteiger partial charge on any atom is -0.287 e. The van der Waals surface area contributed by atoms with Gasteiger partial charge in [0.15, 0.2) is 5.12 Å². The summed E-state index contributed by atoms with van der Waals surface area (Å²) < 4.78 is 0. The van der Waals surface area contributed by atoms with Gasteiger partial charge in [-0.3, -0.25) is 4.79 Å². The fourth-order valence-corrected chi connectivity index (χ4v) is 2.52. The van der Waals surface area contributed by atoms with E-state index in [0.717, 1.165) is 18.6 Å². The molecule has 1 nitrogen and oxygen atoms in total. The number of carbonyl (C=O) groups excluding carboxylic acids is 1. The van der Waals surface area contributed by atoms with Crippen LogP contribution in [0.4, 0.5) is 0 Å². The maximum atomic E-state index is 11.4. The first kappa shape index (κ1) is 16.0. The SMILES string of the molecule is CCCCCCCCSC(=O)CCCCC. The van der Waals surface area contributed by atoms with Crippen LogP contribution in [0.2, 0.25) is 0 Å². The van der Waals surface area contributed by atoms with Gasteiger partial charge in [0.2, 0.25) is 0 Å². The van der Waals surface area contributed by atoms with E-state index in [1.165, 1.54) is 51.4 Å². The molecule has 0 saturated carbocycles.